The molecular formula is C26H28ClN2NaO3S2. The normalized spacial score (nSPS) is 12.8. The van der Waals surface area contributed by atoms with Crippen LogP contribution >= 0.6 is 35.1 Å². The molecule has 2 atom stereocenters. The number of hydrogen-bond donors (Lipinski definition) is 1. The number of fused-ring (bicyclic) bond motifs is 1. The number of halogens is 1. The van der Waals surface area contributed by atoms with Crippen LogP contribution in [0.5, 0.6) is 0 Å². The van der Waals surface area contributed by atoms with Gasteiger partial charge in [-0.3, -0.25) is 9.59 Å². The van der Waals surface area contributed by atoms with E-state index in [1.165, 1.54) is 16.7 Å². The number of aliphatic carboxylic acids is 1. The number of aromatic nitrogens is 1. The molecule has 0 saturated carbocycles. The van der Waals surface area contributed by atoms with Crippen molar-refractivity contribution >= 4 is 99.6 Å². The van der Waals surface area contributed by atoms with E-state index in [4.69, 9.17) is 11.6 Å². The van der Waals surface area contributed by atoms with Crippen molar-refractivity contribution < 1.29 is 14.7 Å². The third-order valence-corrected chi connectivity index (χ3v) is 8.09. The monoisotopic (exact) mass is 538 g/mol. The van der Waals surface area contributed by atoms with Crippen LogP contribution in [0.2, 0.25) is 5.02 Å². The van der Waals surface area contributed by atoms with Gasteiger partial charge in [0.05, 0.1) is 27.5 Å². The summed E-state index contributed by atoms with van der Waals surface area (Å²) in [7, 11) is 3.31. The molecule has 0 saturated heterocycles. The summed E-state index contributed by atoms with van der Waals surface area (Å²) in [6.45, 7) is 2.06. The zero-order valence-electron chi connectivity index (χ0n) is 19.3. The number of benzene rings is 2. The molecule has 3 rings (SSSR count). The number of amides is 1. The fraction of sp³-hybridized carbons (Fsp3) is 0.269. The van der Waals surface area contributed by atoms with Gasteiger partial charge < -0.3 is 10.0 Å². The number of rotatable bonds is 10. The van der Waals surface area contributed by atoms with Crippen LogP contribution in [0, 0.1) is 0 Å². The zero-order chi connectivity index (χ0) is 24.7. The van der Waals surface area contributed by atoms with Gasteiger partial charge >= 0.3 is 35.5 Å². The molecule has 1 heterocycles. The van der Waals surface area contributed by atoms with Gasteiger partial charge in [-0.05, 0) is 47.2 Å². The molecule has 0 spiro atoms. The van der Waals surface area contributed by atoms with E-state index in [2.05, 4.69) is 18.0 Å². The van der Waals surface area contributed by atoms with Gasteiger partial charge in [-0.15, -0.1) is 23.5 Å². The van der Waals surface area contributed by atoms with Gasteiger partial charge in [-0.2, -0.15) is 0 Å². The molecule has 0 aliphatic heterocycles. The van der Waals surface area contributed by atoms with E-state index in [0.717, 1.165) is 33.5 Å². The van der Waals surface area contributed by atoms with Crippen LogP contribution in [0.15, 0.2) is 54.6 Å². The number of carboxylic acids is 1. The molecule has 1 aromatic heterocycles. The van der Waals surface area contributed by atoms with Crippen LogP contribution in [0.25, 0.3) is 23.1 Å². The van der Waals surface area contributed by atoms with Crippen molar-refractivity contribution in [1.82, 2.24) is 9.88 Å². The van der Waals surface area contributed by atoms with Crippen LogP contribution in [0.4, 0.5) is 0 Å². The Morgan fingerprint density at radius 3 is 2.54 bits per heavy atom. The number of thioether (sulfide) groups is 2. The predicted molar refractivity (Wildman–Crippen MR) is 152 cm³/mol. The number of hydrogen-bond acceptors (Lipinski definition) is 5. The number of carbonyl (C=O) groups excluding carboxylic acids is 1. The van der Waals surface area contributed by atoms with Crippen LogP contribution in [-0.2, 0) is 9.59 Å². The zero-order valence-corrected chi connectivity index (χ0v) is 21.7. The Morgan fingerprint density at radius 2 is 1.86 bits per heavy atom. The molecule has 0 aliphatic carbocycles. The molecule has 2 aromatic carbocycles. The molecule has 0 fully saturated rings. The molecule has 35 heavy (non-hydrogen) atoms. The summed E-state index contributed by atoms with van der Waals surface area (Å²) < 4.78 is -0.0625. The van der Waals surface area contributed by atoms with E-state index < -0.39 is 11.2 Å². The van der Waals surface area contributed by atoms with Crippen molar-refractivity contribution in [2.75, 3.05) is 19.8 Å². The molecule has 1 N–H and O–H groups in total. The van der Waals surface area contributed by atoms with Crippen LogP contribution in [-0.4, -0.2) is 81.5 Å². The second kappa shape index (κ2) is 14.3. The van der Waals surface area contributed by atoms with Gasteiger partial charge in [0, 0.05) is 24.5 Å². The first-order chi connectivity index (χ1) is 16.3. The van der Waals surface area contributed by atoms with Crippen LogP contribution < -0.4 is 0 Å². The fourth-order valence-electron chi connectivity index (χ4n) is 3.34. The summed E-state index contributed by atoms with van der Waals surface area (Å²) in [5, 5.41) is 10.4. The summed E-state index contributed by atoms with van der Waals surface area (Å²) in [4.78, 5) is 30.1. The Morgan fingerprint density at radius 1 is 1.11 bits per heavy atom. The molecule has 5 nitrogen and oxygen atoms in total. The molecule has 2 unspecified atom stereocenters. The molecule has 1 amide bonds. The third-order valence-electron chi connectivity index (χ3n) is 4.99. The Labute approximate surface area is 242 Å². The van der Waals surface area contributed by atoms with Gasteiger partial charge in [-0.1, -0.05) is 54.9 Å². The minimum absolute atomic E-state index is 0. The molecule has 0 aliphatic rings. The summed E-state index contributed by atoms with van der Waals surface area (Å²) in [6.07, 6.45) is 3.75. The van der Waals surface area contributed by atoms with Crippen molar-refractivity contribution in [3.05, 3.63) is 76.4 Å². The second-order valence-corrected chi connectivity index (χ2v) is 11.2. The van der Waals surface area contributed by atoms with Crippen molar-refractivity contribution in [1.29, 1.82) is 0 Å². The van der Waals surface area contributed by atoms with Gasteiger partial charge in [0.15, 0.2) is 0 Å². The molecule has 9 heteroatoms. The van der Waals surface area contributed by atoms with E-state index in [0.29, 0.717) is 5.02 Å². The quantitative estimate of drug-likeness (QED) is 0.259. The molecule has 0 radical (unpaired) electrons. The first-order valence-electron chi connectivity index (χ1n) is 10.8. The van der Waals surface area contributed by atoms with Crippen LogP contribution in [0.3, 0.4) is 0 Å². The SMILES string of the molecule is CCSC(SC(CC(=O)O)C(=O)N(C)C)c1cccc(C=Cc2ccc3ccc(Cl)cc3n2)c1.[NaH]. The predicted octanol–water partition coefficient (Wildman–Crippen LogP) is 5.83. The molecule has 180 valence electrons. The number of nitrogens with zero attached hydrogens (tertiary/aromatic N) is 2. The first kappa shape index (κ1) is 29.7. The summed E-state index contributed by atoms with van der Waals surface area (Å²) >= 11 is 9.19. The second-order valence-electron chi connectivity index (χ2n) is 7.82. The van der Waals surface area contributed by atoms with Crippen molar-refractivity contribution in [3.8, 4) is 0 Å². The number of pyridine rings is 1. The summed E-state index contributed by atoms with van der Waals surface area (Å²) in [5.74, 6) is -0.321. The van der Waals surface area contributed by atoms with E-state index in [1.54, 1.807) is 25.9 Å². The topological polar surface area (TPSA) is 70.5 Å². The Balaban J connectivity index is 0.00000432. The standard InChI is InChI=1S/C26H27ClN2O3S2.Na.H/c1-4-33-26(34-23(16-24(30)31)25(32)29(2)3)19-7-5-6-17(14-19)8-12-21-13-10-18-9-11-20(27)15-22(18)28-21;;/h5-15,23,26H,4,16H2,1-3H3,(H,30,31);;. The van der Waals surface area contributed by atoms with E-state index in [-0.39, 0.29) is 46.5 Å². The van der Waals surface area contributed by atoms with Crippen molar-refractivity contribution in [2.45, 2.75) is 23.2 Å². The Kier molecular flexibility index (Phi) is 12.2. The van der Waals surface area contributed by atoms with E-state index >= 15 is 0 Å². The maximum atomic E-state index is 12.6. The third kappa shape index (κ3) is 8.85. The number of carbonyl (C=O) groups is 2. The van der Waals surface area contributed by atoms with Gasteiger partial charge in [-0.25, -0.2) is 4.98 Å². The van der Waals surface area contributed by atoms with Gasteiger partial charge in [0.1, 0.15) is 0 Å². The number of carboxylic acid groups (broad SMARTS) is 1. The summed E-state index contributed by atoms with van der Waals surface area (Å²) in [5.41, 5.74) is 3.71. The minimum atomic E-state index is -0.978. The van der Waals surface area contributed by atoms with E-state index in [9.17, 15) is 14.7 Å². The average molecular weight is 539 g/mol. The average Bonchev–Trinajstić information content (AvgIpc) is 2.81. The van der Waals surface area contributed by atoms with Gasteiger partial charge in [0.25, 0.3) is 0 Å². The fourth-order valence-corrected chi connectivity index (χ4v) is 6.45. The Bertz CT molecular complexity index is 1210. The molecular weight excluding hydrogens is 511 g/mol. The first-order valence-corrected chi connectivity index (χ1v) is 13.2. The van der Waals surface area contributed by atoms with Gasteiger partial charge in [0.2, 0.25) is 5.91 Å². The molecule has 0 bridgehead atoms. The van der Waals surface area contributed by atoms with Crippen molar-refractivity contribution in [2.24, 2.45) is 0 Å². The van der Waals surface area contributed by atoms with E-state index in [1.807, 2.05) is 60.7 Å². The Hall–Kier alpha value is -1.48. The van der Waals surface area contributed by atoms with Crippen molar-refractivity contribution in [3.63, 3.8) is 0 Å². The maximum absolute atomic E-state index is 12.6. The molecule has 3 aromatic rings. The summed E-state index contributed by atoms with van der Waals surface area (Å²) in [6, 6.07) is 17.7. The van der Waals surface area contributed by atoms with Crippen LogP contribution in [0.1, 0.15) is 34.7 Å².